The van der Waals surface area contributed by atoms with E-state index >= 15 is 0 Å². The topological polar surface area (TPSA) is 43.9 Å². The minimum atomic E-state index is 0.0244. The first-order chi connectivity index (χ1) is 17.7. The molecule has 36 heavy (non-hydrogen) atoms. The summed E-state index contributed by atoms with van der Waals surface area (Å²) in [5.41, 5.74) is 3.62. The van der Waals surface area contributed by atoms with Crippen LogP contribution in [0.1, 0.15) is 35.6 Å². The van der Waals surface area contributed by atoms with Gasteiger partial charge in [0.2, 0.25) is 11.8 Å². The van der Waals surface area contributed by atoms with E-state index in [1.807, 2.05) is 35.2 Å². The quantitative estimate of drug-likeness (QED) is 0.524. The van der Waals surface area contributed by atoms with E-state index in [1.165, 1.54) is 11.1 Å². The summed E-state index contributed by atoms with van der Waals surface area (Å²) < 4.78 is 0. The summed E-state index contributed by atoms with van der Waals surface area (Å²) in [6.07, 6.45) is 1.96. The second kappa shape index (κ2) is 11.5. The second-order valence-corrected chi connectivity index (χ2v) is 9.90. The third-order valence-electron chi connectivity index (χ3n) is 7.62. The Labute approximate surface area is 214 Å². The summed E-state index contributed by atoms with van der Waals surface area (Å²) in [4.78, 5) is 32.5. The van der Waals surface area contributed by atoms with Crippen molar-refractivity contribution < 1.29 is 9.59 Å². The maximum absolute atomic E-state index is 13.3. The standard InChI is InChI=1S/C31H35N3O2/c35-29(24-25-10-4-1-5-11-25)32-18-16-28(17-19-32)31(36)34-22-20-33(21-23-34)30(26-12-6-2-7-13-26)27-14-8-3-9-15-27/h1-15,28,30H,16-24H2. The summed E-state index contributed by atoms with van der Waals surface area (Å²) in [5, 5.41) is 0. The average molecular weight is 482 g/mol. The molecule has 0 bridgehead atoms. The van der Waals surface area contributed by atoms with Gasteiger partial charge < -0.3 is 9.80 Å². The molecule has 0 atom stereocenters. The van der Waals surface area contributed by atoms with Gasteiger partial charge in [-0.25, -0.2) is 0 Å². The molecule has 5 heteroatoms. The molecule has 0 N–H and O–H groups in total. The zero-order chi connectivity index (χ0) is 24.7. The Balaban J connectivity index is 1.15. The third kappa shape index (κ3) is 5.68. The Hall–Kier alpha value is -3.44. The van der Waals surface area contributed by atoms with Crippen molar-refractivity contribution in [3.05, 3.63) is 108 Å². The number of hydrogen-bond acceptors (Lipinski definition) is 3. The first kappa shape index (κ1) is 24.3. The Bertz CT molecular complexity index is 1080. The van der Waals surface area contributed by atoms with Crippen LogP contribution in [0.25, 0.3) is 0 Å². The van der Waals surface area contributed by atoms with Crippen LogP contribution in [-0.2, 0) is 16.0 Å². The molecule has 0 radical (unpaired) electrons. The number of nitrogens with zero attached hydrogens (tertiary/aromatic N) is 3. The van der Waals surface area contributed by atoms with E-state index < -0.39 is 0 Å². The number of likely N-dealkylation sites (tertiary alicyclic amines) is 1. The van der Waals surface area contributed by atoms with Gasteiger partial charge in [-0.15, -0.1) is 0 Å². The van der Waals surface area contributed by atoms with Gasteiger partial charge >= 0.3 is 0 Å². The number of piperidine rings is 1. The highest BCUT2D eigenvalue weighted by molar-refractivity contribution is 5.81. The van der Waals surface area contributed by atoms with E-state index in [2.05, 4.69) is 70.5 Å². The van der Waals surface area contributed by atoms with Crippen LogP contribution in [0.5, 0.6) is 0 Å². The summed E-state index contributed by atoms with van der Waals surface area (Å²) in [5.74, 6) is 0.450. The zero-order valence-corrected chi connectivity index (χ0v) is 20.8. The highest BCUT2D eigenvalue weighted by Crippen LogP contribution is 2.30. The number of carbonyl (C=O) groups excluding carboxylic acids is 2. The van der Waals surface area contributed by atoms with E-state index in [1.54, 1.807) is 0 Å². The summed E-state index contributed by atoms with van der Waals surface area (Å²) in [6, 6.07) is 31.4. The molecule has 2 saturated heterocycles. The van der Waals surface area contributed by atoms with Crippen LogP contribution in [0, 0.1) is 5.92 Å². The molecule has 2 aliphatic rings. The van der Waals surface area contributed by atoms with Crippen LogP contribution in [-0.4, -0.2) is 65.8 Å². The van der Waals surface area contributed by atoms with Crippen molar-refractivity contribution in [2.24, 2.45) is 5.92 Å². The van der Waals surface area contributed by atoms with Gasteiger partial charge in [-0.3, -0.25) is 14.5 Å². The maximum atomic E-state index is 13.3. The van der Waals surface area contributed by atoms with Crippen molar-refractivity contribution in [1.29, 1.82) is 0 Å². The largest absolute Gasteiger partial charge is 0.342 e. The molecular formula is C31H35N3O2. The van der Waals surface area contributed by atoms with Gasteiger partial charge in [-0.2, -0.15) is 0 Å². The fourth-order valence-corrected chi connectivity index (χ4v) is 5.60. The number of amides is 2. The fraction of sp³-hybridized carbons (Fsp3) is 0.355. The van der Waals surface area contributed by atoms with Gasteiger partial charge in [-0.05, 0) is 29.5 Å². The molecule has 2 amide bonds. The molecule has 2 aliphatic heterocycles. The molecule has 186 valence electrons. The van der Waals surface area contributed by atoms with Gasteiger partial charge in [0.1, 0.15) is 0 Å². The SMILES string of the molecule is O=C(Cc1ccccc1)N1CCC(C(=O)N2CCN(C(c3ccccc3)c3ccccc3)CC2)CC1. The highest BCUT2D eigenvalue weighted by Gasteiger charge is 2.33. The zero-order valence-electron chi connectivity index (χ0n) is 20.8. The molecular weight excluding hydrogens is 446 g/mol. The van der Waals surface area contributed by atoms with Crippen LogP contribution in [0.3, 0.4) is 0 Å². The van der Waals surface area contributed by atoms with Gasteiger partial charge in [0.05, 0.1) is 12.5 Å². The fourth-order valence-electron chi connectivity index (χ4n) is 5.60. The van der Waals surface area contributed by atoms with Gasteiger partial charge in [-0.1, -0.05) is 91.0 Å². The molecule has 0 saturated carbocycles. The van der Waals surface area contributed by atoms with Crippen molar-refractivity contribution in [3.8, 4) is 0 Å². The molecule has 3 aromatic carbocycles. The number of rotatable bonds is 6. The lowest BCUT2D eigenvalue weighted by molar-refractivity contribution is -0.142. The monoisotopic (exact) mass is 481 g/mol. The van der Waals surface area contributed by atoms with Gasteiger partial charge in [0.15, 0.2) is 0 Å². The summed E-state index contributed by atoms with van der Waals surface area (Å²) in [7, 11) is 0. The third-order valence-corrected chi connectivity index (χ3v) is 7.62. The predicted molar refractivity (Wildman–Crippen MR) is 142 cm³/mol. The molecule has 5 rings (SSSR count). The molecule has 3 aromatic rings. The lowest BCUT2D eigenvalue weighted by atomic mass is 9.94. The number of carbonyl (C=O) groups is 2. The Morgan fingerprint density at radius 1 is 0.639 bits per heavy atom. The molecule has 0 aromatic heterocycles. The molecule has 2 fully saturated rings. The van der Waals surface area contributed by atoms with E-state index in [4.69, 9.17) is 0 Å². The Morgan fingerprint density at radius 2 is 1.14 bits per heavy atom. The van der Waals surface area contributed by atoms with Crippen LogP contribution in [0.15, 0.2) is 91.0 Å². The molecule has 0 spiro atoms. The van der Waals surface area contributed by atoms with Crippen LogP contribution < -0.4 is 0 Å². The smallest absolute Gasteiger partial charge is 0.226 e. The van der Waals surface area contributed by atoms with Gasteiger partial charge in [0, 0.05) is 45.2 Å². The Kier molecular flexibility index (Phi) is 7.77. The summed E-state index contributed by atoms with van der Waals surface area (Å²) >= 11 is 0. The van der Waals surface area contributed by atoms with Crippen molar-refractivity contribution >= 4 is 11.8 Å². The number of piperazine rings is 1. The van der Waals surface area contributed by atoms with Crippen molar-refractivity contribution in [2.75, 3.05) is 39.3 Å². The van der Waals surface area contributed by atoms with E-state index in [9.17, 15) is 9.59 Å². The average Bonchev–Trinajstić information content (AvgIpc) is 2.95. The summed E-state index contributed by atoms with van der Waals surface area (Å²) in [6.45, 7) is 4.56. The van der Waals surface area contributed by atoms with Crippen molar-refractivity contribution in [2.45, 2.75) is 25.3 Å². The normalized spacial score (nSPS) is 17.4. The van der Waals surface area contributed by atoms with Crippen molar-refractivity contribution in [1.82, 2.24) is 14.7 Å². The molecule has 5 nitrogen and oxygen atoms in total. The molecule has 2 heterocycles. The van der Waals surface area contributed by atoms with Gasteiger partial charge in [0.25, 0.3) is 0 Å². The van der Waals surface area contributed by atoms with E-state index in [0.29, 0.717) is 19.5 Å². The second-order valence-electron chi connectivity index (χ2n) is 9.90. The first-order valence-electron chi connectivity index (χ1n) is 13.1. The molecule has 0 aliphatic carbocycles. The number of benzene rings is 3. The maximum Gasteiger partial charge on any atom is 0.226 e. The van der Waals surface area contributed by atoms with Crippen molar-refractivity contribution in [3.63, 3.8) is 0 Å². The highest BCUT2D eigenvalue weighted by atomic mass is 16.2. The van der Waals surface area contributed by atoms with E-state index in [-0.39, 0.29) is 23.8 Å². The minimum absolute atomic E-state index is 0.0244. The lowest BCUT2D eigenvalue weighted by Gasteiger charge is -2.41. The lowest BCUT2D eigenvalue weighted by Crippen LogP contribution is -2.52. The first-order valence-corrected chi connectivity index (χ1v) is 13.1. The van der Waals surface area contributed by atoms with E-state index in [0.717, 1.165) is 44.6 Å². The molecule has 0 unspecified atom stereocenters. The Morgan fingerprint density at radius 3 is 1.67 bits per heavy atom. The predicted octanol–water partition coefficient (Wildman–Crippen LogP) is 4.40. The van der Waals surface area contributed by atoms with Crippen LogP contribution >= 0.6 is 0 Å². The van der Waals surface area contributed by atoms with Crippen LogP contribution in [0.4, 0.5) is 0 Å². The minimum Gasteiger partial charge on any atom is -0.342 e. The van der Waals surface area contributed by atoms with Crippen LogP contribution in [0.2, 0.25) is 0 Å². The number of hydrogen-bond donors (Lipinski definition) is 0.